The highest BCUT2D eigenvalue weighted by molar-refractivity contribution is 5.94. The predicted molar refractivity (Wildman–Crippen MR) is 67.6 cm³/mol. The number of hydrogen-bond acceptors (Lipinski definition) is 5. The molecule has 1 atom stereocenters. The highest BCUT2D eigenvalue weighted by Crippen LogP contribution is 2.19. The summed E-state index contributed by atoms with van der Waals surface area (Å²) in [6, 6.07) is 2.06. The van der Waals surface area contributed by atoms with Crippen molar-refractivity contribution in [3.8, 4) is 0 Å². The second-order valence-corrected chi connectivity index (χ2v) is 4.53. The van der Waals surface area contributed by atoms with Crippen LogP contribution in [0.1, 0.15) is 17.3 Å². The topological polar surface area (TPSA) is 80.0 Å². The number of carbonyl (C=O) groups is 1. The van der Waals surface area contributed by atoms with E-state index in [-0.39, 0.29) is 11.6 Å². The number of aromatic carboxylic acids is 1. The number of aromatic nitrogens is 3. The first kappa shape index (κ1) is 11.9. The summed E-state index contributed by atoms with van der Waals surface area (Å²) in [4.78, 5) is 17.6. The number of anilines is 1. The quantitative estimate of drug-likeness (QED) is 0.856. The lowest BCUT2D eigenvalue weighted by Crippen LogP contribution is -2.44. The van der Waals surface area contributed by atoms with Crippen LogP contribution in [0, 0.1) is 0 Å². The Morgan fingerprint density at radius 1 is 1.58 bits per heavy atom. The van der Waals surface area contributed by atoms with Crippen molar-refractivity contribution in [3.63, 3.8) is 0 Å². The lowest BCUT2D eigenvalue weighted by molar-refractivity contribution is 0.0698. The highest BCUT2D eigenvalue weighted by Gasteiger charge is 2.21. The van der Waals surface area contributed by atoms with Crippen LogP contribution in [0.2, 0.25) is 0 Å². The van der Waals surface area contributed by atoms with E-state index in [1.807, 2.05) is 6.07 Å². The number of carboxylic acids is 1. The van der Waals surface area contributed by atoms with Crippen LogP contribution in [0.15, 0.2) is 18.5 Å². The maximum absolute atomic E-state index is 11.1. The van der Waals surface area contributed by atoms with Crippen LogP contribution in [-0.2, 0) is 4.74 Å². The molecular weight excluding hydrogens is 248 g/mol. The Morgan fingerprint density at radius 3 is 3.16 bits per heavy atom. The van der Waals surface area contributed by atoms with Crippen LogP contribution in [0.25, 0.3) is 5.65 Å². The van der Waals surface area contributed by atoms with Gasteiger partial charge in [0.15, 0.2) is 5.65 Å². The third kappa shape index (κ3) is 2.01. The van der Waals surface area contributed by atoms with Gasteiger partial charge in [-0.15, -0.1) is 0 Å². The smallest absolute Gasteiger partial charge is 0.341 e. The van der Waals surface area contributed by atoms with E-state index in [2.05, 4.69) is 21.9 Å². The molecule has 0 radical (unpaired) electrons. The molecule has 1 aliphatic heterocycles. The fourth-order valence-electron chi connectivity index (χ4n) is 2.24. The summed E-state index contributed by atoms with van der Waals surface area (Å²) in [5.74, 6) is -0.263. The van der Waals surface area contributed by atoms with Crippen molar-refractivity contribution < 1.29 is 14.6 Å². The molecule has 3 rings (SSSR count). The molecule has 0 saturated carbocycles. The Labute approximate surface area is 109 Å². The summed E-state index contributed by atoms with van der Waals surface area (Å²) < 4.78 is 6.86. The van der Waals surface area contributed by atoms with Gasteiger partial charge < -0.3 is 14.7 Å². The molecule has 1 aliphatic rings. The zero-order valence-corrected chi connectivity index (χ0v) is 10.5. The molecule has 0 unspecified atom stereocenters. The summed E-state index contributed by atoms with van der Waals surface area (Å²) in [7, 11) is 0. The third-order valence-electron chi connectivity index (χ3n) is 3.25. The third-order valence-corrected chi connectivity index (χ3v) is 3.25. The molecule has 0 spiro atoms. The summed E-state index contributed by atoms with van der Waals surface area (Å²) in [5.41, 5.74) is 0.478. The van der Waals surface area contributed by atoms with E-state index >= 15 is 0 Å². The summed E-state index contributed by atoms with van der Waals surface area (Å²) in [6.07, 6.45) is 3.05. The molecule has 1 N–H and O–H groups in total. The van der Waals surface area contributed by atoms with Crippen LogP contribution in [-0.4, -0.2) is 51.5 Å². The van der Waals surface area contributed by atoms with Gasteiger partial charge in [-0.05, 0) is 13.0 Å². The van der Waals surface area contributed by atoms with E-state index in [9.17, 15) is 4.79 Å². The molecule has 1 saturated heterocycles. The van der Waals surface area contributed by atoms with Crippen molar-refractivity contribution in [2.45, 2.75) is 13.0 Å². The van der Waals surface area contributed by atoms with Crippen molar-refractivity contribution in [2.24, 2.45) is 0 Å². The van der Waals surface area contributed by atoms with Gasteiger partial charge in [0.25, 0.3) is 0 Å². The van der Waals surface area contributed by atoms with E-state index < -0.39 is 5.97 Å². The van der Waals surface area contributed by atoms with Gasteiger partial charge in [0.05, 0.1) is 25.5 Å². The van der Waals surface area contributed by atoms with Crippen molar-refractivity contribution in [2.75, 3.05) is 24.7 Å². The summed E-state index contributed by atoms with van der Waals surface area (Å²) >= 11 is 0. The van der Waals surface area contributed by atoms with Gasteiger partial charge in [0.1, 0.15) is 11.4 Å². The zero-order chi connectivity index (χ0) is 13.4. The maximum Gasteiger partial charge on any atom is 0.341 e. The number of hydrogen-bond donors (Lipinski definition) is 1. The van der Waals surface area contributed by atoms with Gasteiger partial charge in [-0.2, -0.15) is 5.10 Å². The maximum atomic E-state index is 11.1. The number of morpholine rings is 1. The van der Waals surface area contributed by atoms with Gasteiger partial charge in [-0.25, -0.2) is 14.3 Å². The molecule has 0 aliphatic carbocycles. The number of ether oxygens (including phenoxy) is 1. The first-order chi connectivity index (χ1) is 9.16. The lowest BCUT2D eigenvalue weighted by atomic mass is 10.2. The molecule has 19 heavy (non-hydrogen) atoms. The molecular formula is C12H14N4O3. The summed E-state index contributed by atoms with van der Waals surface area (Å²) in [5, 5.41) is 13.1. The van der Waals surface area contributed by atoms with Crippen LogP contribution >= 0.6 is 0 Å². The van der Waals surface area contributed by atoms with Gasteiger partial charge in [0.2, 0.25) is 0 Å². The average Bonchev–Trinajstić information content (AvgIpc) is 2.82. The first-order valence-electron chi connectivity index (χ1n) is 6.09. The molecule has 0 aromatic carbocycles. The van der Waals surface area contributed by atoms with E-state index in [1.165, 1.54) is 10.7 Å². The van der Waals surface area contributed by atoms with Crippen molar-refractivity contribution in [1.82, 2.24) is 14.6 Å². The Hall–Kier alpha value is -2.15. The normalized spacial score (nSPS) is 19.8. The van der Waals surface area contributed by atoms with Crippen LogP contribution in [0.5, 0.6) is 0 Å². The van der Waals surface area contributed by atoms with Crippen LogP contribution < -0.4 is 4.90 Å². The van der Waals surface area contributed by atoms with Crippen molar-refractivity contribution in [3.05, 3.63) is 24.0 Å². The van der Waals surface area contributed by atoms with E-state index in [0.29, 0.717) is 18.9 Å². The second kappa shape index (κ2) is 4.51. The molecule has 7 nitrogen and oxygen atoms in total. The van der Waals surface area contributed by atoms with Gasteiger partial charge in [0, 0.05) is 12.7 Å². The molecule has 7 heteroatoms. The molecule has 2 aromatic rings. The molecule has 100 valence electrons. The van der Waals surface area contributed by atoms with Crippen molar-refractivity contribution >= 4 is 17.4 Å². The second-order valence-electron chi connectivity index (χ2n) is 4.53. The molecule has 3 heterocycles. The minimum atomic E-state index is -1.02. The van der Waals surface area contributed by atoms with Crippen molar-refractivity contribution in [1.29, 1.82) is 0 Å². The van der Waals surface area contributed by atoms with E-state index in [1.54, 1.807) is 6.20 Å². The molecule has 2 aromatic heterocycles. The number of rotatable bonds is 2. The highest BCUT2D eigenvalue weighted by atomic mass is 16.5. The Kier molecular flexibility index (Phi) is 2.83. The number of fused-ring (bicyclic) bond motifs is 1. The average molecular weight is 262 g/mol. The standard InChI is InChI=1S/C12H14N4O3/c1-8-7-19-5-4-15(8)10-2-3-16-11(14-10)9(6-13-16)12(17)18/h2-3,6,8H,4-5,7H2,1H3,(H,17,18)/t8-/m1/s1. The first-order valence-corrected chi connectivity index (χ1v) is 6.09. The minimum absolute atomic E-state index is 0.114. The van der Waals surface area contributed by atoms with Gasteiger partial charge in [-0.1, -0.05) is 0 Å². The Morgan fingerprint density at radius 2 is 2.42 bits per heavy atom. The molecule has 0 bridgehead atoms. The van der Waals surface area contributed by atoms with E-state index in [0.717, 1.165) is 12.4 Å². The minimum Gasteiger partial charge on any atom is -0.477 e. The molecule has 1 fully saturated rings. The van der Waals surface area contributed by atoms with Gasteiger partial charge >= 0.3 is 5.97 Å². The SMILES string of the molecule is C[C@@H]1COCCN1c1ccn2ncc(C(=O)O)c2n1. The number of carboxylic acid groups (broad SMARTS) is 1. The summed E-state index contributed by atoms with van der Waals surface area (Å²) in [6.45, 7) is 4.11. The van der Waals surface area contributed by atoms with Crippen LogP contribution in [0.4, 0.5) is 5.82 Å². The van der Waals surface area contributed by atoms with E-state index in [4.69, 9.17) is 9.84 Å². The molecule has 0 amide bonds. The monoisotopic (exact) mass is 262 g/mol. The Balaban J connectivity index is 2.04. The Bertz CT molecular complexity index is 624. The fraction of sp³-hybridized carbons (Fsp3) is 0.417. The number of nitrogens with zero attached hydrogens (tertiary/aromatic N) is 4. The predicted octanol–water partition coefficient (Wildman–Crippen LogP) is 0.653. The van der Waals surface area contributed by atoms with Gasteiger partial charge in [-0.3, -0.25) is 0 Å². The van der Waals surface area contributed by atoms with Crippen LogP contribution in [0.3, 0.4) is 0 Å². The largest absolute Gasteiger partial charge is 0.477 e. The lowest BCUT2D eigenvalue weighted by Gasteiger charge is -2.34. The zero-order valence-electron chi connectivity index (χ0n) is 10.5. The fourth-order valence-corrected chi connectivity index (χ4v) is 2.24.